The number of anilines is 1. The van der Waals surface area contributed by atoms with Crippen molar-refractivity contribution in [3.8, 4) is 0 Å². The first-order chi connectivity index (χ1) is 8.58. The average Bonchev–Trinajstić information content (AvgIpc) is 2.32. The van der Waals surface area contributed by atoms with Gasteiger partial charge in [-0.15, -0.1) is 0 Å². The van der Waals surface area contributed by atoms with Crippen LogP contribution in [0.3, 0.4) is 0 Å². The quantitative estimate of drug-likeness (QED) is 0.864. The smallest absolute Gasteiger partial charge is 0.257 e. The van der Waals surface area contributed by atoms with Crippen LogP contribution < -0.4 is 5.32 Å². The van der Waals surface area contributed by atoms with Gasteiger partial charge < -0.3 is 5.32 Å². The van der Waals surface area contributed by atoms with Crippen LogP contribution >= 0.6 is 27.5 Å². The second kappa shape index (κ2) is 5.50. The molecule has 0 aromatic heterocycles. The molecule has 2 rings (SSSR count). The molecule has 0 aliphatic rings. The molecular formula is C13H8BrClFNO. The van der Waals surface area contributed by atoms with Crippen LogP contribution in [0.2, 0.25) is 5.02 Å². The molecule has 0 bridgehead atoms. The van der Waals surface area contributed by atoms with Gasteiger partial charge in [0.05, 0.1) is 10.6 Å². The third-order valence-corrected chi connectivity index (χ3v) is 3.16. The lowest BCUT2D eigenvalue weighted by atomic mass is 10.2. The van der Waals surface area contributed by atoms with Gasteiger partial charge in [0.1, 0.15) is 5.82 Å². The number of benzene rings is 2. The van der Waals surface area contributed by atoms with E-state index in [0.29, 0.717) is 5.69 Å². The number of rotatable bonds is 2. The number of hydrogen-bond donors (Lipinski definition) is 1. The molecule has 5 heteroatoms. The second-order valence-corrected chi connectivity index (χ2v) is 4.86. The summed E-state index contributed by atoms with van der Waals surface area (Å²) < 4.78 is 14.1. The molecule has 2 aromatic rings. The maximum absolute atomic E-state index is 13.2. The SMILES string of the molecule is O=C(Nc1cccc(Br)c1)c1cccc(F)c1Cl. The van der Waals surface area contributed by atoms with Gasteiger partial charge in [0.15, 0.2) is 0 Å². The van der Waals surface area contributed by atoms with Crippen LogP contribution in [-0.2, 0) is 0 Å². The summed E-state index contributed by atoms with van der Waals surface area (Å²) >= 11 is 9.04. The number of hydrogen-bond acceptors (Lipinski definition) is 1. The molecule has 0 aliphatic heterocycles. The third-order valence-electron chi connectivity index (χ3n) is 2.28. The summed E-state index contributed by atoms with van der Waals surface area (Å²) in [4.78, 5) is 11.9. The first kappa shape index (κ1) is 13.1. The van der Waals surface area contributed by atoms with Gasteiger partial charge in [-0.2, -0.15) is 0 Å². The summed E-state index contributed by atoms with van der Waals surface area (Å²) in [7, 11) is 0. The van der Waals surface area contributed by atoms with E-state index in [2.05, 4.69) is 21.2 Å². The summed E-state index contributed by atoms with van der Waals surface area (Å²) in [6, 6.07) is 11.2. The summed E-state index contributed by atoms with van der Waals surface area (Å²) in [5, 5.41) is 2.47. The zero-order valence-corrected chi connectivity index (χ0v) is 11.4. The Morgan fingerprint density at radius 2 is 1.94 bits per heavy atom. The second-order valence-electron chi connectivity index (χ2n) is 3.57. The Morgan fingerprint density at radius 3 is 2.67 bits per heavy atom. The van der Waals surface area contributed by atoms with Crippen molar-refractivity contribution in [2.45, 2.75) is 0 Å². The molecule has 0 unspecified atom stereocenters. The standard InChI is InChI=1S/C13H8BrClFNO/c14-8-3-1-4-9(7-8)17-13(18)10-5-2-6-11(16)12(10)15/h1-7H,(H,17,18). The van der Waals surface area contributed by atoms with Crippen molar-refractivity contribution < 1.29 is 9.18 Å². The lowest BCUT2D eigenvalue weighted by molar-refractivity contribution is 0.102. The van der Waals surface area contributed by atoms with Crippen LogP contribution in [-0.4, -0.2) is 5.91 Å². The Labute approximate surface area is 117 Å². The summed E-state index contributed by atoms with van der Waals surface area (Å²) in [6.45, 7) is 0. The highest BCUT2D eigenvalue weighted by atomic mass is 79.9. The van der Waals surface area contributed by atoms with Gasteiger partial charge in [-0.1, -0.05) is 39.7 Å². The molecule has 2 nitrogen and oxygen atoms in total. The van der Waals surface area contributed by atoms with E-state index < -0.39 is 11.7 Å². The van der Waals surface area contributed by atoms with Gasteiger partial charge in [-0.3, -0.25) is 4.79 Å². The minimum Gasteiger partial charge on any atom is -0.322 e. The largest absolute Gasteiger partial charge is 0.322 e. The van der Waals surface area contributed by atoms with E-state index in [4.69, 9.17) is 11.6 Å². The fourth-order valence-corrected chi connectivity index (χ4v) is 2.05. The van der Waals surface area contributed by atoms with Crippen LogP contribution in [0.15, 0.2) is 46.9 Å². The minimum atomic E-state index is -0.612. The molecule has 0 saturated heterocycles. The van der Waals surface area contributed by atoms with Crippen LogP contribution in [0, 0.1) is 5.82 Å². The zero-order valence-electron chi connectivity index (χ0n) is 9.08. The van der Waals surface area contributed by atoms with Crippen LogP contribution in [0.25, 0.3) is 0 Å². The Morgan fingerprint density at radius 1 is 1.22 bits per heavy atom. The predicted octanol–water partition coefficient (Wildman–Crippen LogP) is 4.49. The first-order valence-corrected chi connectivity index (χ1v) is 6.26. The molecule has 1 amide bonds. The fraction of sp³-hybridized carbons (Fsp3) is 0. The Hall–Kier alpha value is -1.39. The van der Waals surface area contributed by atoms with E-state index >= 15 is 0 Å². The average molecular weight is 329 g/mol. The van der Waals surface area contributed by atoms with Gasteiger partial charge in [0, 0.05) is 10.2 Å². The van der Waals surface area contributed by atoms with E-state index in [1.807, 2.05) is 6.07 Å². The molecule has 2 aromatic carbocycles. The fourth-order valence-electron chi connectivity index (χ4n) is 1.44. The van der Waals surface area contributed by atoms with Crippen LogP contribution in [0.1, 0.15) is 10.4 Å². The Kier molecular flexibility index (Phi) is 3.99. The Balaban J connectivity index is 2.25. The zero-order chi connectivity index (χ0) is 13.1. The van der Waals surface area contributed by atoms with Crippen molar-refractivity contribution in [1.82, 2.24) is 0 Å². The number of amides is 1. The molecule has 0 radical (unpaired) electrons. The molecule has 0 fully saturated rings. The number of carbonyl (C=O) groups excluding carboxylic acids is 1. The van der Waals surface area contributed by atoms with Crippen molar-refractivity contribution in [1.29, 1.82) is 0 Å². The topological polar surface area (TPSA) is 29.1 Å². The predicted molar refractivity (Wildman–Crippen MR) is 73.5 cm³/mol. The molecule has 0 spiro atoms. The van der Waals surface area contributed by atoms with Gasteiger partial charge in [-0.05, 0) is 30.3 Å². The highest BCUT2D eigenvalue weighted by Gasteiger charge is 2.13. The van der Waals surface area contributed by atoms with Crippen LogP contribution in [0.5, 0.6) is 0 Å². The van der Waals surface area contributed by atoms with Crippen molar-refractivity contribution in [3.63, 3.8) is 0 Å². The summed E-state index contributed by atoms with van der Waals surface area (Å²) in [5.41, 5.74) is 0.714. The molecule has 1 N–H and O–H groups in total. The summed E-state index contributed by atoms with van der Waals surface area (Å²) in [5.74, 6) is -1.06. The van der Waals surface area contributed by atoms with E-state index in [-0.39, 0.29) is 10.6 Å². The van der Waals surface area contributed by atoms with Crippen molar-refractivity contribution in [3.05, 3.63) is 63.3 Å². The van der Waals surface area contributed by atoms with E-state index in [1.165, 1.54) is 18.2 Å². The summed E-state index contributed by atoms with van der Waals surface area (Å²) in [6.07, 6.45) is 0. The lowest BCUT2D eigenvalue weighted by Gasteiger charge is -2.07. The minimum absolute atomic E-state index is 0.108. The van der Waals surface area contributed by atoms with Crippen molar-refractivity contribution in [2.75, 3.05) is 5.32 Å². The van der Waals surface area contributed by atoms with Gasteiger partial charge in [0.2, 0.25) is 0 Å². The van der Waals surface area contributed by atoms with Gasteiger partial charge >= 0.3 is 0 Å². The first-order valence-electron chi connectivity index (χ1n) is 5.09. The Bertz CT molecular complexity index is 603. The van der Waals surface area contributed by atoms with Gasteiger partial charge in [-0.25, -0.2) is 4.39 Å². The molecule has 0 aliphatic carbocycles. The number of nitrogens with one attached hydrogen (secondary N) is 1. The molecule has 0 saturated carbocycles. The number of carbonyl (C=O) groups is 1. The molecule has 0 atom stereocenters. The third kappa shape index (κ3) is 2.89. The van der Waals surface area contributed by atoms with Crippen molar-refractivity contribution in [2.24, 2.45) is 0 Å². The molecule has 0 heterocycles. The molecule has 18 heavy (non-hydrogen) atoms. The highest BCUT2D eigenvalue weighted by Crippen LogP contribution is 2.22. The van der Waals surface area contributed by atoms with E-state index in [9.17, 15) is 9.18 Å². The van der Waals surface area contributed by atoms with E-state index in [1.54, 1.807) is 18.2 Å². The normalized spacial score (nSPS) is 10.2. The van der Waals surface area contributed by atoms with Gasteiger partial charge in [0.25, 0.3) is 5.91 Å². The molecular weight excluding hydrogens is 321 g/mol. The van der Waals surface area contributed by atoms with Crippen LogP contribution in [0.4, 0.5) is 10.1 Å². The maximum Gasteiger partial charge on any atom is 0.257 e. The monoisotopic (exact) mass is 327 g/mol. The lowest BCUT2D eigenvalue weighted by Crippen LogP contribution is -2.12. The number of halogens is 3. The van der Waals surface area contributed by atoms with Crippen molar-refractivity contribution >= 4 is 39.1 Å². The molecule has 92 valence electrons. The maximum atomic E-state index is 13.2. The highest BCUT2D eigenvalue weighted by molar-refractivity contribution is 9.10. The van der Waals surface area contributed by atoms with E-state index in [0.717, 1.165) is 4.47 Å².